The van der Waals surface area contributed by atoms with Gasteiger partial charge in [0, 0.05) is 12.4 Å². The van der Waals surface area contributed by atoms with Crippen LogP contribution in [-0.4, -0.2) is 9.19 Å². The monoisotopic (exact) mass is 246 g/mol. The van der Waals surface area contributed by atoms with Crippen molar-refractivity contribution in [3.05, 3.63) is 53.9 Å². The number of nitrogen functional groups attached to an aromatic ring is 1. The Balaban J connectivity index is 2.24. The second kappa shape index (κ2) is 5.10. The quantitative estimate of drug-likeness (QED) is 0.845. The molecule has 17 heavy (non-hydrogen) atoms. The molecule has 0 spiro atoms. The lowest BCUT2D eigenvalue weighted by molar-refractivity contribution is 0.683. The molecule has 0 aliphatic carbocycles. The number of pyridine rings is 1. The molecule has 88 valence electrons. The van der Waals surface area contributed by atoms with Gasteiger partial charge in [0.15, 0.2) is 0 Å². The van der Waals surface area contributed by atoms with Crippen LogP contribution >= 0.6 is 0 Å². The third kappa shape index (κ3) is 2.71. The number of anilines is 1. The second-order valence-electron chi connectivity index (χ2n) is 3.84. The van der Waals surface area contributed by atoms with Crippen molar-refractivity contribution in [1.82, 2.24) is 4.98 Å². The van der Waals surface area contributed by atoms with E-state index < -0.39 is 10.8 Å². The van der Waals surface area contributed by atoms with E-state index in [2.05, 4.69) is 4.98 Å². The summed E-state index contributed by atoms with van der Waals surface area (Å²) in [6.45, 7) is 1.92. The highest BCUT2D eigenvalue weighted by molar-refractivity contribution is 7.84. The van der Waals surface area contributed by atoms with Crippen molar-refractivity contribution < 1.29 is 4.21 Å². The Morgan fingerprint density at radius 2 is 2.12 bits per heavy atom. The van der Waals surface area contributed by atoms with Gasteiger partial charge >= 0.3 is 0 Å². The average Bonchev–Trinajstić information content (AvgIpc) is 2.34. The van der Waals surface area contributed by atoms with Crippen molar-refractivity contribution in [2.24, 2.45) is 0 Å². The Kier molecular flexibility index (Phi) is 3.54. The van der Waals surface area contributed by atoms with E-state index >= 15 is 0 Å². The third-order valence-electron chi connectivity index (χ3n) is 2.55. The van der Waals surface area contributed by atoms with Crippen LogP contribution in [-0.2, 0) is 16.6 Å². The highest BCUT2D eigenvalue weighted by atomic mass is 32.2. The summed E-state index contributed by atoms with van der Waals surface area (Å²) in [5.74, 6) is 0.446. The summed E-state index contributed by atoms with van der Waals surface area (Å²) in [5, 5.41) is 0. The van der Waals surface area contributed by atoms with E-state index in [1.807, 2.05) is 37.3 Å². The van der Waals surface area contributed by atoms with Crippen molar-refractivity contribution in [2.75, 3.05) is 5.73 Å². The molecule has 0 saturated carbocycles. The lowest BCUT2D eigenvalue weighted by atomic mass is 10.2. The summed E-state index contributed by atoms with van der Waals surface area (Å²) in [5.41, 5.74) is 8.46. The molecule has 2 aromatic rings. The largest absolute Gasteiger partial charge is 0.398 e. The fourth-order valence-electron chi connectivity index (χ4n) is 1.56. The zero-order valence-electron chi connectivity index (χ0n) is 9.59. The Bertz CT molecular complexity index is 540. The van der Waals surface area contributed by atoms with Crippen LogP contribution < -0.4 is 5.73 Å². The first-order chi connectivity index (χ1) is 8.18. The molecule has 0 bridgehead atoms. The van der Waals surface area contributed by atoms with Crippen molar-refractivity contribution in [1.29, 1.82) is 0 Å². The Morgan fingerprint density at radius 3 is 2.82 bits per heavy atom. The fourth-order valence-corrected chi connectivity index (χ4v) is 2.83. The molecular weight excluding hydrogens is 232 g/mol. The first-order valence-corrected chi connectivity index (χ1v) is 6.63. The van der Waals surface area contributed by atoms with Gasteiger partial charge in [0.25, 0.3) is 0 Å². The van der Waals surface area contributed by atoms with Gasteiger partial charge in [-0.1, -0.05) is 18.2 Å². The van der Waals surface area contributed by atoms with E-state index in [-0.39, 0.29) is 0 Å². The van der Waals surface area contributed by atoms with Gasteiger partial charge in [0.05, 0.1) is 27.1 Å². The van der Waals surface area contributed by atoms with Gasteiger partial charge in [-0.15, -0.1) is 0 Å². The van der Waals surface area contributed by atoms with Gasteiger partial charge < -0.3 is 5.73 Å². The number of hydrogen-bond donors (Lipinski definition) is 1. The molecule has 0 amide bonds. The molecule has 2 rings (SSSR count). The normalized spacial score (nSPS) is 12.3. The number of nitrogens with zero attached hydrogens (tertiary/aromatic N) is 1. The second-order valence-corrected chi connectivity index (χ2v) is 5.26. The van der Waals surface area contributed by atoms with Crippen molar-refractivity contribution >= 4 is 16.5 Å². The van der Waals surface area contributed by atoms with Crippen LogP contribution in [0, 0.1) is 6.92 Å². The standard InChI is InChI=1S/C13H14N2OS/c1-10-4-2-6-12(13(10)14)17(16)9-11-5-3-7-15-8-11/h2-8H,9,14H2,1H3. The maximum Gasteiger partial charge on any atom is 0.0623 e. The molecular formula is C13H14N2OS. The van der Waals surface area contributed by atoms with E-state index in [1.54, 1.807) is 12.4 Å². The lowest BCUT2D eigenvalue weighted by Gasteiger charge is -2.07. The molecule has 0 radical (unpaired) electrons. The van der Waals surface area contributed by atoms with Crippen LogP contribution in [0.2, 0.25) is 0 Å². The van der Waals surface area contributed by atoms with Gasteiger partial charge in [-0.25, -0.2) is 0 Å². The molecule has 1 atom stereocenters. The molecule has 0 fully saturated rings. The topological polar surface area (TPSA) is 56.0 Å². The van der Waals surface area contributed by atoms with Gasteiger partial charge in [0.2, 0.25) is 0 Å². The first-order valence-electron chi connectivity index (χ1n) is 5.31. The molecule has 4 heteroatoms. The van der Waals surface area contributed by atoms with Crippen LogP contribution in [0.15, 0.2) is 47.6 Å². The number of nitrogens with two attached hydrogens (primary N) is 1. The summed E-state index contributed by atoms with van der Waals surface area (Å²) < 4.78 is 12.2. The third-order valence-corrected chi connectivity index (χ3v) is 3.99. The molecule has 0 aliphatic rings. The van der Waals surface area contributed by atoms with Crippen molar-refractivity contribution in [2.45, 2.75) is 17.6 Å². The van der Waals surface area contributed by atoms with E-state index in [0.717, 1.165) is 11.1 Å². The van der Waals surface area contributed by atoms with Gasteiger partial charge in [-0.2, -0.15) is 0 Å². The summed E-state index contributed by atoms with van der Waals surface area (Å²) >= 11 is 0. The number of rotatable bonds is 3. The van der Waals surface area contributed by atoms with Gasteiger partial charge in [0.1, 0.15) is 0 Å². The van der Waals surface area contributed by atoms with Crippen LogP contribution in [0.3, 0.4) is 0 Å². The summed E-state index contributed by atoms with van der Waals surface area (Å²) in [6, 6.07) is 9.36. The van der Waals surface area contributed by atoms with E-state index in [1.165, 1.54) is 0 Å². The van der Waals surface area contributed by atoms with E-state index in [4.69, 9.17) is 5.73 Å². The molecule has 3 nitrogen and oxygen atoms in total. The predicted octanol–water partition coefficient (Wildman–Crippen LogP) is 2.28. The fraction of sp³-hybridized carbons (Fsp3) is 0.154. The Morgan fingerprint density at radius 1 is 1.29 bits per heavy atom. The average molecular weight is 246 g/mol. The molecule has 2 N–H and O–H groups in total. The van der Waals surface area contributed by atoms with Crippen LogP contribution in [0.25, 0.3) is 0 Å². The Labute approximate surface area is 103 Å². The molecule has 0 aliphatic heterocycles. The molecule has 1 aromatic heterocycles. The molecule has 0 saturated heterocycles. The van der Waals surface area contributed by atoms with Crippen LogP contribution in [0.5, 0.6) is 0 Å². The summed E-state index contributed by atoms with van der Waals surface area (Å²) in [6.07, 6.45) is 3.43. The zero-order chi connectivity index (χ0) is 12.3. The van der Waals surface area contributed by atoms with E-state index in [0.29, 0.717) is 16.3 Å². The van der Waals surface area contributed by atoms with Gasteiger partial charge in [-0.05, 0) is 30.2 Å². The first kappa shape index (κ1) is 11.8. The van der Waals surface area contributed by atoms with Gasteiger partial charge in [-0.3, -0.25) is 9.19 Å². The smallest absolute Gasteiger partial charge is 0.0623 e. The predicted molar refractivity (Wildman–Crippen MR) is 69.9 cm³/mol. The number of hydrogen-bond acceptors (Lipinski definition) is 3. The minimum atomic E-state index is -1.12. The summed E-state index contributed by atoms with van der Waals surface area (Å²) in [7, 11) is -1.12. The highest BCUT2D eigenvalue weighted by Crippen LogP contribution is 2.22. The number of benzene rings is 1. The lowest BCUT2D eigenvalue weighted by Crippen LogP contribution is -2.02. The SMILES string of the molecule is Cc1cccc(S(=O)Cc2cccnc2)c1N. The number of para-hydroxylation sites is 1. The minimum Gasteiger partial charge on any atom is -0.398 e. The molecule has 1 aromatic carbocycles. The minimum absolute atomic E-state index is 0.446. The molecule has 1 unspecified atom stereocenters. The highest BCUT2D eigenvalue weighted by Gasteiger charge is 2.09. The zero-order valence-corrected chi connectivity index (χ0v) is 10.4. The number of aromatic nitrogens is 1. The van der Waals surface area contributed by atoms with Crippen molar-refractivity contribution in [3.8, 4) is 0 Å². The maximum absolute atomic E-state index is 12.2. The summed E-state index contributed by atoms with van der Waals surface area (Å²) in [4.78, 5) is 4.71. The van der Waals surface area contributed by atoms with Crippen LogP contribution in [0.4, 0.5) is 5.69 Å². The molecule has 1 heterocycles. The van der Waals surface area contributed by atoms with Crippen LogP contribution in [0.1, 0.15) is 11.1 Å². The maximum atomic E-state index is 12.2. The Hall–Kier alpha value is -1.68. The number of aryl methyl sites for hydroxylation is 1. The van der Waals surface area contributed by atoms with E-state index in [9.17, 15) is 4.21 Å². The van der Waals surface area contributed by atoms with Crippen molar-refractivity contribution in [3.63, 3.8) is 0 Å².